The van der Waals surface area contributed by atoms with Crippen molar-refractivity contribution in [2.24, 2.45) is 0 Å². The molecule has 1 aliphatic heterocycles. The van der Waals surface area contributed by atoms with Crippen LogP contribution in [0.4, 0.5) is 10.5 Å². The maximum Gasteiger partial charge on any atom is 0.322 e. The van der Waals surface area contributed by atoms with Gasteiger partial charge in [0.2, 0.25) is 5.91 Å². The van der Waals surface area contributed by atoms with Crippen molar-refractivity contribution in [2.75, 3.05) is 25.0 Å². The highest BCUT2D eigenvalue weighted by atomic mass is 16.2. The summed E-state index contributed by atoms with van der Waals surface area (Å²) < 4.78 is 1.97. The molecule has 1 fully saturated rings. The van der Waals surface area contributed by atoms with Gasteiger partial charge in [-0.15, -0.1) is 0 Å². The van der Waals surface area contributed by atoms with E-state index in [9.17, 15) is 9.59 Å². The second kappa shape index (κ2) is 9.47. The van der Waals surface area contributed by atoms with Gasteiger partial charge in [0, 0.05) is 42.4 Å². The number of aryl methyl sites for hydroxylation is 1. The molecule has 0 spiro atoms. The Labute approximate surface area is 189 Å². The van der Waals surface area contributed by atoms with Crippen LogP contribution in [0.15, 0.2) is 54.7 Å². The van der Waals surface area contributed by atoms with Crippen LogP contribution in [0.3, 0.4) is 0 Å². The first-order valence-corrected chi connectivity index (χ1v) is 11.5. The van der Waals surface area contributed by atoms with Crippen LogP contribution in [0.5, 0.6) is 0 Å². The molecule has 0 saturated carbocycles. The standard InChI is InChI=1S/C26H32N4O2/c1-4-28(5-2)25(31)18-29-16-14-20-17-21(12-13-23(20)29)27-26(32)30-15-8-11-24(30)22-10-7-6-9-19(22)3/h6-7,9-10,12-14,16-17,24H,4-5,8,11,15,18H2,1-3H3,(H,27,32). The van der Waals surface area contributed by atoms with Crippen LogP contribution in [-0.2, 0) is 11.3 Å². The first-order valence-electron chi connectivity index (χ1n) is 11.5. The lowest BCUT2D eigenvalue weighted by Crippen LogP contribution is -2.34. The van der Waals surface area contributed by atoms with E-state index in [0.29, 0.717) is 19.6 Å². The van der Waals surface area contributed by atoms with Gasteiger partial charge in [0.1, 0.15) is 6.54 Å². The smallest absolute Gasteiger partial charge is 0.322 e. The van der Waals surface area contributed by atoms with Crippen molar-refractivity contribution in [3.63, 3.8) is 0 Å². The molecule has 1 N–H and O–H groups in total. The van der Waals surface area contributed by atoms with E-state index in [2.05, 4.69) is 24.4 Å². The highest BCUT2D eigenvalue weighted by Gasteiger charge is 2.30. The molecular weight excluding hydrogens is 400 g/mol. The average Bonchev–Trinajstić information content (AvgIpc) is 3.42. The van der Waals surface area contributed by atoms with Gasteiger partial charge in [0.15, 0.2) is 0 Å². The molecule has 3 aromatic rings. The Kier molecular flexibility index (Phi) is 6.49. The molecule has 1 atom stereocenters. The minimum Gasteiger partial charge on any atom is -0.342 e. The molecule has 0 aliphatic carbocycles. The van der Waals surface area contributed by atoms with Gasteiger partial charge in [0.25, 0.3) is 0 Å². The minimum absolute atomic E-state index is 0.0637. The molecule has 6 nitrogen and oxygen atoms in total. The molecule has 0 radical (unpaired) electrons. The van der Waals surface area contributed by atoms with Gasteiger partial charge in [0.05, 0.1) is 6.04 Å². The number of benzene rings is 2. The molecule has 6 heteroatoms. The number of nitrogens with one attached hydrogen (secondary N) is 1. The predicted octanol–water partition coefficient (Wildman–Crippen LogP) is 5.19. The predicted molar refractivity (Wildman–Crippen MR) is 129 cm³/mol. The first kappa shape index (κ1) is 21.9. The van der Waals surface area contributed by atoms with E-state index in [1.807, 2.05) is 70.8 Å². The van der Waals surface area contributed by atoms with E-state index in [1.165, 1.54) is 11.1 Å². The van der Waals surface area contributed by atoms with Crippen molar-refractivity contribution >= 4 is 28.5 Å². The molecule has 1 aliphatic rings. The average molecular weight is 433 g/mol. The summed E-state index contributed by atoms with van der Waals surface area (Å²) in [7, 11) is 0. The van der Waals surface area contributed by atoms with Crippen LogP contribution in [0.2, 0.25) is 0 Å². The Morgan fingerprint density at radius 2 is 1.88 bits per heavy atom. The normalized spacial score (nSPS) is 15.8. The number of nitrogens with zero attached hydrogens (tertiary/aromatic N) is 3. The first-order chi connectivity index (χ1) is 15.5. The second-order valence-corrected chi connectivity index (χ2v) is 8.42. The fourth-order valence-electron chi connectivity index (χ4n) is 4.73. The fraction of sp³-hybridized carbons (Fsp3) is 0.385. The molecule has 0 bridgehead atoms. The lowest BCUT2D eigenvalue weighted by atomic mass is 9.99. The Balaban J connectivity index is 1.48. The van der Waals surface area contributed by atoms with E-state index in [1.54, 1.807) is 0 Å². The number of fused-ring (bicyclic) bond motifs is 1. The molecule has 3 amide bonds. The summed E-state index contributed by atoms with van der Waals surface area (Å²) in [5, 5.41) is 4.09. The zero-order chi connectivity index (χ0) is 22.7. The Morgan fingerprint density at radius 3 is 2.62 bits per heavy atom. The lowest BCUT2D eigenvalue weighted by Gasteiger charge is -2.26. The van der Waals surface area contributed by atoms with Crippen LogP contribution in [0, 0.1) is 6.92 Å². The molecular formula is C26H32N4O2. The molecule has 2 aromatic carbocycles. The molecule has 1 aromatic heterocycles. The summed E-state index contributed by atoms with van der Waals surface area (Å²) in [5.74, 6) is 0.112. The zero-order valence-corrected chi connectivity index (χ0v) is 19.2. The van der Waals surface area contributed by atoms with Gasteiger partial charge < -0.3 is 19.7 Å². The maximum atomic E-state index is 13.1. The number of hydrogen-bond acceptors (Lipinski definition) is 2. The van der Waals surface area contributed by atoms with Gasteiger partial charge in [-0.25, -0.2) is 4.79 Å². The third kappa shape index (κ3) is 4.35. The summed E-state index contributed by atoms with van der Waals surface area (Å²) in [6.07, 6.45) is 3.93. The number of rotatable bonds is 6. The number of likely N-dealkylation sites (tertiary alicyclic amines) is 1. The van der Waals surface area contributed by atoms with Crippen molar-refractivity contribution in [1.82, 2.24) is 14.4 Å². The summed E-state index contributed by atoms with van der Waals surface area (Å²) in [5.41, 5.74) is 4.21. The number of amides is 3. The van der Waals surface area contributed by atoms with Crippen LogP contribution >= 0.6 is 0 Å². The number of anilines is 1. The molecule has 4 rings (SSSR count). The maximum absolute atomic E-state index is 13.1. The topological polar surface area (TPSA) is 57.6 Å². The Hall–Kier alpha value is -3.28. The van der Waals surface area contributed by atoms with Crippen LogP contribution < -0.4 is 5.32 Å². The summed E-state index contributed by atoms with van der Waals surface area (Å²) in [6.45, 7) is 8.60. The van der Waals surface area contributed by atoms with Gasteiger partial charge in [-0.05, 0) is 69.0 Å². The molecule has 1 unspecified atom stereocenters. The summed E-state index contributed by atoms with van der Waals surface area (Å²) in [4.78, 5) is 29.4. The van der Waals surface area contributed by atoms with Gasteiger partial charge >= 0.3 is 6.03 Å². The van der Waals surface area contributed by atoms with Crippen LogP contribution in [0.1, 0.15) is 43.9 Å². The van der Waals surface area contributed by atoms with Gasteiger partial charge in [-0.1, -0.05) is 24.3 Å². The van der Waals surface area contributed by atoms with Crippen LogP contribution in [0.25, 0.3) is 10.9 Å². The molecule has 2 heterocycles. The van der Waals surface area contributed by atoms with E-state index in [-0.39, 0.29) is 18.0 Å². The third-order valence-electron chi connectivity index (χ3n) is 6.51. The molecule has 1 saturated heterocycles. The van der Waals surface area contributed by atoms with Gasteiger partial charge in [-0.2, -0.15) is 0 Å². The SMILES string of the molecule is CCN(CC)C(=O)Cn1ccc2cc(NC(=O)N3CCCC3c3ccccc3C)ccc21. The van der Waals surface area contributed by atoms with Crippen molar-refractivity contribution in [2.45, 2.75) is 46.2 Å². The number of carbonyl (C=O) groups is 2. The lowest BCUT2D eigenvalue weighted by molar-refractivity contribution is -0.131. The van der Waals surface area contributed by atoms with Crippen molar-refractivity contribution in [3.05, 3.63) is 65.9 Å². The summed E-state index contributed by atoms with van der Waals surface area (Å²) in [6, 6.07) is 16.2. The fourth-order valence-corrected chi connectivity index (χ4v) is 4.73. The second-order valence-electron chi connectivity index (χ2n) is 8.42. The highest BCUT2D eigenvalue weighted by molar-refractivity contribution is 5.93. The van der Waals surface area contributed by atoms with Crippen molar-refractivity contribution < 1.29 is 9.59 Å². The van der Waals surface area contributed by atoms with E-state index in [4.69, 9.17) is 0 Å². The number of aromatic nitrogens is 1. The number of hydrogen-bond donors (Lipinski definition) is 1. The number of urea groups is 1. The Bertz CT molecular complexity index is 1120. The van der Waals surface area contributed by atoms with Crippen LogP contribution in [-0.4, -0.2) is 45.9 Å². The number of carbonyl (C=O) groups excluding carboxylic acids is 2. The zero-order valence-electron chi connectivity index (χ0n) is 19.2. The van der Waals surface area contributed by atoms with E-state index < -0.39 is 0 Å². The number of likely N-dealkylation sites (N-methyl/N-ethyl adjacent to an activating group) is 1. The third-order valence-corrected chi connectivity index (χ3v) is 6.51. The van der Waals surface area contributed by atoms with E-state index >= 15 is 0 Å². The van der Waals surface area contributed by atoms with Gasteiger partial charge in [-0.3, -0.25) is 4.79 Å². The van der Waals surface area contributed by atoms with Crippen molar-refractivity contribution in [1.29, 1.82) is 0 Å². The van der Waals surface area contributed by atoms with Crippen molar-refractivity contribution in [3.8, 4) is 0 Å². The van der Waals surface area contributed by atoms with E-state index in [0.717, 1.165) is 36.0 Å². The highest BCUT2D eigenvalue weighted by Crippen LogP contribution is 2.34. The largest absolute Gasteiger partial charge is 0.342 e. The summed E-state index contributed by atoms with van der Waals surface area (Å²) >= 11 is 0. The monoisotopic (exact) mass is 432 g/mol. The quantitative estimate of drug-likeness (QED) is 0.583. The molecule has 32 heavy (non-hydrogen) atoms. The minimum atomic E-state index is -0.0637. The Morgan fingerprint density at radius 1 is 1.09 bits per heavy atom. The molecule has 168 valence electrons.